The maximum atomic E-state index is 13.0. The molecule has 8 nitrogen and oxygen atoms in total. The molecule has 0 radical (unpaired) electrons. The average molecular weight is 474 g/mol. The molecule has 3 rings (SSSR count). The number of para-hydroxylation sites is 2. The van der Waals surface area contributed by atoms with Gasteiger partial charge in [0.05, 0.1) is 16.3 Å². The Labute approximate surface area is 188 Å². The number of amides is 1. The molecule has 0 saturated heterocycles. The van der Waals surface area contributed by atoms with Gasteiger partial charge in [0.25, 0.3) is 15.9 Å². The lowest BCUT2D eigenvalue weighted by molar-refractivity contribution is 0.102. The van der Waals surface area contributed by atoms with E-state index in [1.807, 2.05) is 0 Å². The Morgan fingerprint density at radius 2 is 1.38 bits per heavy atom. The van der Waals surface area contributed by atoms with Crippen molar-refractivity contribution in [2.45, 2.75) is 9.79 Å². The van der Waals surface area contributed by atoms with E-state index in [4.69, 9.17) is 0 Å². The number of benzene rings is 3. The predicted molar refractivity (Wildman–Crippen MR) is 124 cm³/mol. The molecule has 0 aliphatic rings. The normalized spacial score (nSPS) is 11.9. The highest BCUT2D eigenvalue weighted by atomic mass is 32.2. The number of hydrogen-bond donors (Lipinski definition) is 1. The Morgan fingerprint density at radius 3 is 2.03 bits per heavy atom. The van der Waals surface area contributed by atoms with Gasteiger partial charge in [0, 0.05) is 26.7 Å². The molecule has 0 bridgehead atoms. The van der Waals surface area contributed by atoms with Gasteiger partial charge in [0.15, 0.2) is 0 Å². The summed E-state index contributed by atoms with van der Waals surface area (Å²) >= 11 is 0. The van der Waals surface area contributed by atoms with Crippen LogP contribution in [0.15, 0.2) is 88.7 Å². The van der Waals surface area contributed by atoms with E-state index in [1.54, 1.807) is 42.5 Å². The smallest absolute Gasteiger partial charge is 0.264 e. The van der Waals surface area contributed by atoms with Crippen LogP contribution < -0.4 is 9.62 Å². The Bertz CT molecular complexity index is 1340. The maximum Gasteiger partial charge on any atom is 0.264 e. The van der Waals surface area contributed by atoms with Crippen molar-refractivity contribution < 1.29 is 21.6 Å². The molecule has 1 N–H and O–H groups in total. The van der Waals surface area contributed by atoms with Gasteiger partial charge in [-0.1, -0.05) is 36.4 Å². The van der Waals surface area contributed by atoms with Crippen LogP contribution in [0, 0.1) is 0 Å². The molecule has 1 amide bonds. The Morgan fingerprint density at radius 1 is 0.750 bits per heavy atom. The van der Waals surface area contributed by atoms with Gasteiger partial charge in [-0.05, 0) is 42.5 Å². The molecule has 0 spiro atoms. The quantitative estimate of drug-likeness (QED) is 0.568. The summed E-state index contributed by atoms with van der Waals surface area (Å²) in [6, 6.07) is 20.1. The largest absolute Gasteiger partial charge is 0.321 e. The fourth-order valence-corrected chi connectivity index (χ4v) is 5.20. The molecule has 0 unspecified atom stereocenters. The third-order valence-electron chi connectivity index (χ3n) is 4.77. The van der Waals surface area contributed by atoms with Crippen molar-refractivity contribution in [1.82, 2.24) is 4.31 Å². The van der Waals surface area contributed by atoms with Crippen LogP contribution in [-0.2, 0) is 20.0 Å². The fourth-order valence-electron chi connectivity index (χ4n) is 2.92. The van der Waals surface area contributed by atoms with Gasteiger partial charge in [-0.25, -0.2) is 21.1 Å². The maximum absolute atomic E-state index is 13.0. The highest BCUT2D eigenvalue weighted by Gasteiger charge is 2.24. The minimum atomic E-state index is -3.91. The van der Waals surface area contributed by atoms with Crippen LogP contribution in [0.3, 0.4) is 0 Å². The molecule has 0 fully saturated rings. The second-order valence-electron chi connectivity index (χ2n) is 7.07. The van der Waals surface area contributed by atoms with Crippen molar-refractivity contribution >= 4 is 37.3 Å². The second kappa shape index (κ2) is 9.11. The van der Waals surface area contributed by atoms with E-state index in [1.165, 1.54) is 57.5 Å². The highest BCUT2D eigenvalue weighted by molar-refractivity contribution is 7.92. The zero-order valence-corrected chi connectivity index (χ0v) is 19.4. The van der Waals surface area contributed by atoms with E-state index in [9.17, 15) is 21.6 Å². The van der Waals surface area contributed by atoms with Gasteiger partial charge in [-0.2, -0.15) is 0 Å². The fraction of sp³-hybridized carbons (Fsp3) is 0.136. The van der Waals surface area contributed by atoms with Crippen LogP contribution in [0.4, 0.5) is 11.4 Å². The van der Waals surface area contributed by atoms with Crippen molar-refractivity contribution in [2.75, 3.05) is 30.8 Å². The minimum Gasteiger partial charge on any atom is -0.321 e. The van der Waals surface area contributed by atoms with Crippen molar-refractivity contribution in [2.24, 2.45) is 0 Å². The summed E-state index contributed by atoms with van der Waals surface area (Å²) in [6.07, 6.45) is 0. The Hall–Kier alpha value is -3.21. The summed E-state index contributed by atoms with van der Waals surface area (Å²) in [5.74, 6) is -0.633. The first-order valence-corrected chi connectivity index (χ1v) is 12.4. The second-order valence-corrected chi connectivity index (χ2v) is 11.2. The predicted octanol–water partition coefficient (Wildman–Crippen LogP) is 3.01. The lowest BCUT2D eigenvalue weighted by Gasteiger charge is -2.20. The van der Waals surface area contributed by atoms with Gasteiger partial charge in [-0.15, -0.1) is 0 Å². The highest BCUT2D eigenvalue weighted by Crippen LogP contribution is 2.25. The number of carbonyl (C=O) groups is 1. The van der Waals surface area contributed by atoms with Crippen LogP contribution >= 0.6 is 0 Å². The third-order valence-corrected chi connectivity index (χ3v) is 8.42. The van der Waals surface area contributed by atoms with Gasteiger partial charge in [0.1, 0.15) is 4.90 Å². The molecular formula is C22H23N3O5S2. The van der Waals surface area contributed by atoms with Crippen LogP contribution in [0.1, 0.15) is 10.4 Å². The van der Waals surface area contributed by atoms with E-state index >= 15 is 0 Å². The minimum absolute atomic E-state index is 0.0639. The van der Waals surface area contributed by atoms with E-state index in [0.717, 1.165) is 8.61 Å². The molecule has 3 aromatic rings. The number of rotatable bonds is 7. The molecule has 168 valence electrons. The van der Waals surface area contributed by atoms with Gasteiger partial charge in [0.2, 0.25) is 10.0 Å². The summed E-state index contributed by atoms with van der Waals surface area (Å²) in [5.41, 5.74) is 0.649. The number of carbonyl (C=O) groups excluding carboxylic acids is 1. The number of nitrogens with one attached hydrogen (secondary N) is 1. The first-order valence-electron chi connectivity index (χ1n) is 9.52. The standard InChI is InChI=1S/C22H23N3O5S2/c1-24(2)32(29,30)21-15-8-7-14-20(21)23-22(26)17-10-9-13-19(16-17)31(27,28)25(3)18-11-5-4-6-12-18/h4-16H,1-3H3,(H,23,26). The van der Waals surface area contributed by atoms with E-state index in [0.29, 0.717) is 5.69 Å². The number of nitrogens with zero attached hydrogens (tertiary/aromatic N) is 2. The van der Waals surface area contributed by atoms with Crippen LogP contribution in [-0.4, -0.2) is 48.2 Å². The molecule has 3 aromatic carbocycles. The van der Waals surface area contributed by atoms with Crippen molar-refractivity contribution in [3.63, 3.8) is 0 Å². The molecule has 0 aliphatic heterocycles. The molecule has 0 atom stereocenters. The van der Waals surface area contributed by atoms with Crippen LogP contribution in [0.2, 0.25) is 0 Å². The van der Waals surface area contributed by atoms with Gasteiger partial charge < -0.3 is 5.32 Å². The molecule has 10 heteroatoms. The Kier molecular flexibility index (Phi) is 6.68. The summed E-state index contributed by atoms with van der Waals surface area (Å²) in [7, 11) is -3.49. The van der Waals surface area contributed by atoms with E-state index < -0.39 is 26.0 Å². The van der Waals surface area contributed by atoms with E-state index in [-0.39, 0.29) is 21.0 Å². The van der Waals surface area contributed by atoms with Crippen molar-refractivity contribution in [3.05, 3.63) is 84.4 Å². The zero-order chi connectivity index (χ0) is 23.5. The number of sulfonamides is 2. The van der Waals surface area contributed by atoms with E-state index in [2.05, 4.69) is 5.32 Å². The number of hydrogen-bond acceptors (Lipinski definition) is 5. The topological polar surface area (TPSA) is 104 Å². The number of anilines is 2. The lowest BCUT2D eigenvalue weighted by Crippen LogP contribution is -2.27. The monoisotopic (exact) mass is 473 g/mol. The molecule has 0 heterocycles. The summed E-state index contributed by atoms with van der Waals surface area (Å²) in [5, 5.41) is 2.57. The summed E-state index contributed by atoms with van der Waals surface area (Å²) < 4.78 is 53.4. The lowest BCUT2D eigenvalue weighted by atomic mass is 10.2. The van der Waals surface area contributed by atoms with Crippen LogP contribution in [0.25, 0.3) is 0 Å². The Balaban J connectivity index is 1.92. The molecular weight excluding hydrogens is 450 g/mol. The first-order chi connectivity index (χ1) is 15.0. The zero-order valence-electron chi connectivity index (χ0n) is 17.8. The van der Waals surface area contributed by atoms with Crippen molar-refractivity contribution in [1.29, 1.82) is 0 Å². The molecule has 0 aliphatic carbocycles. The third kappa shape index (κ3) is 4.67. The molecule has 32 heavy (non-hydrogen) atoms. The van der Waals surface area contributed by atoms with Crippen LogP contribution in [0.5, 0.6) is 0 Å². The SMILES string of the molecule is CN(C)S(=O)(=O)c1ccccc1NC(=O)c1cccc(S(=O)(=O)N(C)c2ccccc2)c1. The summed E-state index contributed by atoms with van der Waals surface area (Å²) in [6.45, 7) is 0. The molecule has 0 aromatic heterocycles. The average Bonchev–Trinajstić information content (AvgIpc) is 2.79. The summed E-state index contributed by atoms with van der Waals surface area (Å²) in [4.78, 5) is 12.7. The first kappa shape index (κ1) is 23.5. The van der Waals surface area contributed by atoms with Gasteiger partial charge in [-0.3, -0.25) is 9.10 Å². The molecule has 0 saturated carbocycles. The van der Waals surface area contributed by atoms with Gasteiger partial charge >= 0.3 is 0 Å². The van der Waals surface area contributed by atoms with Crippen molar-refractivity contribution in [3.8, 4) is 0 Å².